The number of rotatable bonds is 5. The monoisotopic (exact) mass is 353 g/mol. The molecule has 0 bridgehead atoms. The van der Waals surface area contributed by atoms with Crippen molar-refractivity contribution in [1.82, 2.24) is 14.9 Å². The summed E-state index contributed by atoms with van der Waals surface area (Å²) in [7, 11) is -0.668. The van der Waals surface area contributed by atoms with Crippen LogP contribution in [-0.4, -0.2) is 51.9 Å². The molecule has 1 aromatic heterocycles. The minimum Gasteiger partial charge on any atom is -0.350 e. The van der Waals surface area contributed by atoms with Gasteiger partial charge in [0.15, 0.2) is 0 Å². The minimum atomic E-state index is -3.58. The van der Waals surface area contributed by atoms with Crippen molar-refractivity contribution in [3.63, 3.8) is 0 Å². The summed E-state index contributed by atoms with van der Waals surface area (Å²) in [5, 5.41) is 7.71. The van der Waals surface area contributed by atoms with Crippen LogP contribution in [0.1, 0.15) is 22.5 Å². The lowest BCUT2D eigenvalue weighted by atomic mass is 10.2. The van der Waals surface area contributed by atoms with Gasteiger partial charge < -0.3 is 10.6 Å². The number of carbonyl (C=O) groups is 1. The number of carbonyl (C=O) groups excluding carboxylic acids is 1. The van der Waals surface area contributed by atoms with E-state index >= 15 is 0 Å². The quantitative estimate of drug-likeness (QED) is 0.824. The van der Waals surface area contributed by atoms with Crippen molar-refractivity contribution in [3.05, 3.63) is 16.3 Å². The third-order valence-corrected chi connectivity index (χ3v) is 6.17. The second-order valence-corrected chi connectivity index (χ2v) is 7.94. The van der Waals surface area contributed by atoms with Gasteiger partial charge >= 0.3 is 0 Å². The van der Waals surface area contributed by atoms with Crippen molar-refractivity contribution in [2.45, 2.75) is 23.8 Å². The van der Waals surface area contributed by atoms with Crippen molar-refractivity contribution >= 4 is 39.7 Å². The summed E-state index contributed by atoms with van der Waals surface area (Å²) in [5.41, 5.74) is 0. The Morgan fingerprint density at radius 2 is 2.24 bits per heavy atom. The van der Waals surface area contributed by atoms with E-state index in [1.54, 1.807) is 5.38 Å². The predicted octanol–water partition coefficient (Wildman–Crippen LogP) is 0.902. The van der Waals surface area contributed by atoms with E-state index in [2.05, 4.69) is 10.6 Å². The van der Waals surface area contributed by atoms with Gasteiger partial charge in [-0.3, -0.25) is 4.79 Å². The van der Waals surface area contributed by atoms with E-state index in [0.29, 0.717) is 6.54 Å². The Hall–Kier alpha value is -0.670. The maximum absolute atomic E-state index is 12.1. The largest absolute Gasteiger partial charge is 0.350 e. The molecule has 6 nitrogen and oxygen atoms in total. The van der Waals surface area contributed by atoms with Crippen LogP contribution in [-0.2, 0) is 10.0 Å². The number of halogens is 1. The van der Waals surface area contributed by atoms with E-state index in [-0.39, 0.29) is 34.1 Å². The molecular formula is C12H20ClN3O3S2. The Bertz CT molecular complexity index is 580. The summed E-state index contributed by atoms with van der Waals surface area (Å²) >= 11 is 1.15. The van der Waals surface area contributed by atoms with Crippen LogP contribution in [0.4, 0.5) is 0 Å². The van der Waals surface area contributed by atoms with Crippen molar-refractivity contribution in [1.29, 1.82) is 0 Å². The predicted molar refractivity (Wildman–Crippen MR) is 85.8 cm³/mol. The summed E-state index contributed by atoms with van der Waals surface area (Å²) in [4.78, 5) is 12.5. The van der Waals surface area contributed by atoms with Crippen LogP contribution in [0.15, 0.2) is 16.3 Å². The summed E-state index contributed by atoms with van der Waals surface area (Å²) in [6.45, 7) is 1.50. The van der Waals surface area contributed by atoms with Crippen molar-refractivity contribution in [2.75, 3.05) is 27.2 Å². The number of thiophene rings is 1. The molecule has 2 heterocycles. The highest BCUT2D eigenvalue weighted by Crippen LogP contribution is 2.24. The molecule has 21 heavy (non-hydrogen) atoms. The van der Waals surface area contributed by atoms with Crippen molar-refractivity contribution in [3.8, 4) is 0 Å². The number of amides is 1. The van der Waals surface area contributed by atoms with Gasteiger partial charge in [0.2, 0.25) is 10.0 Å². The van der Waals surface area contributed by atoms with Crippen LogP contribution in [0, 0.1) is 0 Å². The Morgan fingerprint density at radius 1 is 1.52 bits per heavy atom. The molecule has 9 heteroatoms. The van der Waals surface area contributed by atoms with Crippen LogP contribution in [0.3, 0.4) is 0 Å². The zero-order chi connectivity index (χ0) is 14.8. The normalized spacial score (nSPS) is 18.5. The fraction of sp³-hybridized carbons (Fsp3) is 0.583. The van der Waals surface area contributed by atoms with Crippen LogP contribution in [0.25, 0.3) is 0 Å². The molecule has 120 valence electrons. The van der Waals surface area contributed by atoms with E-state index in [4.69, 9.17) is 0 Å². The van der Waals surface area contributed by atoms with Crippen LogP contribution < -0.4 is 10.6 Å². The highest BCUT2D eigenvalue weighted by molar-refractivity contribution is 7.89. The zero-order valence-electron chi connectivity index (χ0n) is 12.0. The van der Waals surface area contributed by atoms with Crippen LogP contribution in [0.5, 0.6) is 0 Å². The molecule has 0 aromatic carbocycles. The third-order valence-electron chi connectivity index (χ3n) is 3.27. The molecule has 0 aliphatic carbocycles. The molecule has 1 fully saturated rings. The second kappa shape index (κ2) is 7.55. The van der Waals surface area contributed by atoms with E-state index in [1.165, 1.54) is 20.2 Å². The zero-order valence-corrected chi connectivity index (χ0v) is 14.4. The summed E-state index contributed by atoms with van der Waals surface area (Å²) < 4.78 is 25.4. The van der Waals surface area contributed by atoms with Crippen LogP contribution in [0.2, 0.25) is 0 Å². The Labute approximate surface area is 135 Å². The molecule has 1 aromatic rings. The number of hydrogen-bond donors (Lipinski definition) is 2. The Kier molecular flexibility index (Phi) is 6.61. The fourth-order valence-corrected chi connectivity index (χ4v) is 4.30. The summed E-state index contributed by atoms with van der Waals surface area (Å²) in [5.74, 6) is -0.325. The molecule has 0 spiro atoms. The topological polar surface area (TPSA) is 78.5 Å². The molecule has 1 unspecified atom stereocenters. The van der Waals surface area contributed by atoms with E-state index in [1.807, 2.05) is 0 Å². The number of nitrogens with one attached hydrogen (secondary N) is 2. The number of hydrogen-bond acceptors (Lipinski definition) is 5. The van der Waals surface area contributed by atoms with Crippen molar-refractivity contribution in [2.24, 2.45) is 0 Å². The lowest BCUT2D eigenvalue weighted by Gasteiger charge is -2.13. The van der Waals surface area contributed by atoms with E-state index in [0.717, 1.165) is 35.0 Å². The smallest absolute Gasteiger partial charge is 0.262 e. The standard InChI is InChI=1S/C12H19N3O3S2.ClH/c1-15(2)20(17,18)10-5-7-19-11(10)12(16)14-8-9-4-3-6-13-9;/h5,7,9,13H,3-4,6,8H2,1-2H3,(H,14,16);1H. The summed E-state index contributed by atoms with van der Waals surface area (Å²) in [6, 6.07) is 1.76. The third kappa shape index (κ3) is 4.17. The first-order chi connectivity index (χ1) is 9.43. The molecule has 1 saturated heterocycles. The Morgan fingerprint density at radius 3 is 2.81 bits per heavy atom. The fourth-order valence-electron chi connectivity index (χ4n) is 2.09. The minimum absolute atomic E-state index is 0. The van der Waals surface area contributed by atoms with Gasteiger partial charge in [-0.2, -0.15) is 0 Å². The molecule has 2 rings (SSSR count). The first-order valence-corrected chi connectivity index (χ1v) is 8.76. The van der Waals surface area contributed by atoms with Gasteiger partial charge in [-0.05, 0) is 30.8 Å². The average Bonchev–Trinajstić information content (AvgIpc) is 3.06. The van der Waals surface area contributed by atoms with Gasteiger partial charge in [0.25, 0.3) is 5.91 Å². The summed E-state index contributed by atoms with van der Waals surface area (Å²) in [6.07, 6.45) is 2.15. The molecular weight excluding hydrogens is 334 g/mol. The first kappa shape index (κ1) is 18.4. The van der Waals surface area contributed by atoms with Crippen molar-refractivity contribution < 1.29 is 13.2 Å². The Balaban J connectivity index is 0.00000220. The van der Waals surface area contributed by atoms with Gasteiger partial charge in [0.1, 0.15) is 9.77 Å². The highest BCUT2D eigenvalue weighted by atomic mass is 35.5. The van der Waals surface area contributed by atoms with Gasteiger partial charge in [0, 0.05) is 26.7 Å². The number of sulfonamides is 1. The van der Waals surface area contributed by atoms with Gasteiger partial charge in [-0.25, -0.2) is 12.7 Å². The lowest BCUT2D eigenvalue weighted by Crippen LogP contribution is -2.37. The molecule has 1 atom stereocenters. The molecule has 0 radical (unpaired) electrons. The maximum Gasteiger partial charge on any atom is 0.262 e. The molecule has 0 saturated carbocycles. The first-order valence-electron chi connectivity index (χ1n) is 6.44. The van der Waals surface area contributed by atoms with Gasteiger partial charge in [-0.1, -0.05) is 0 Å². The maximum atomic E-state index is 12.1. The SMILES string of the molecule is CN(C)S(=O)(=O)c1ccsc1C(=O)NCC1CCCN1.Cl. The van der Waals surface area contributed by atoms with Crippen LogP contribution >= 0.6 is 23.7 Å². The molecule has 1 amide bonds. The number of nitrogens with zero attached hydrogens (tertiary/aromatic N) is 1. The van der Waals surface area contributed by atoms with Gasteiger partial charge in [0.05, 0.1) is 0 Å². The van der Waals surface area contributed by atoms with E-state index < -0.39 is 10.0 Å². The second-order valence-electron chi connectivity index (χ2n) is 4.90. The average molecular weight is 354 g/mol. The highest BCUT2D eigenvalue weighted by Gasteiger charge is 2.26. The molecule has 1 aliphatic heterocycles. The van der Waals surface area contributed by atoms with E-state index in [9.17, 15) is 13.2 Å². The molecule has 1 aliphatic rings. The van der Waals surface area contributed by atoms with Gasteiger partial charge in [-0.15, -0.1) is 23.7 Å². The lowest BCUT2D eigenvalue weighted by molar-refractivity contribution is 0.0951. The molecule has 2 N–H and O–H groups in total.